The van der Waals surface area contributed by atoms with Crippen molar-refractivity contribution >= 4 is 28.3 Å². The zero-order chi connectivity index (χ0) is 26.5. The Morgan fingerprint density at radius 2 is 1.53 bits per heavy atom. The van der Waals surface area contributed by atoms with Crippen molar-refractivity contribution in [2.24, 2.45) is 11.8 Å². The maximum absolute atomic E-state index is 13.4. The lowest BCUT2D eigenvalue weighted by Gasteiger charge is -2.36. The first kappa shape index (κ1) is 25.4. The normalized spacial score (nSPS) is 17.7. The molecule has 0 aliphatic carbocycles. The molecule has 1 heterocycles. The molecule has 1 aliphatic heterocycles. The Morgan fingerprint density at radius 3 is 2.29 bits per heavy atom. The van der Waals surface area contributed by atoms with Crippen LogP contribution in [0.2, 0.25) is 0 Å². The number of benzene rings is 4. The predicted molar refractivity (Wildman–Crippen MR) is 146 cm³/mol. The van der Waals surface area contributed by atoms with E-state index >= 15 is 0 Å². The van der Waals surface area contributed by atoms with E-state index in [1.54, 1.807) is 12.1 Å². The van der Waals surface area contributed by atoms with Crippen molar-refractivity contribution < 1.29 is 19.1 Å². The largest absolute Gasteiger partial charge is 0.508 e. The molecule has 0 bridgehead atoms. The number of piperidine rings is 1. The van der Waals surface area contributed by atoms with Crippen molar-refractivity contribution in [1.82, 2.24) is 10.2 Å². The average Bonchev–Trinajstić information content (AvgIpc) is 2.94. The number of halogens is 1. The van der Waals surface area contributed by atoms with Crippen LogP contribution in [0, 0.1) is 17.7 Å². The maximum Gasteiger partial charge on any atom is 0.228 e. The van der Waals surface area contributed by atoms with Crippen LogP contribution < -0.4 is 10.6 Å². The average molecular weight is 512 g/mol. The first-order valence-electron chi connectivity index (χ1n) is 12.8. The number of likely N-dealkylation sites (tertiary alicyclic amines) is 1. The minimum absolute atomic E-state index is 0.0899. The highest BCUT2D eigenvalue weighted by atomic mass is 19.1. The lowest BCUT2D eigenvalue weighted by Crippen LogP contribution is -2.48. The minimum Gasteiger partial charge on any atom is -0.508 e. The molecule has 38 heavy (non-hydrogen) atoms. The number of nitrogens with zero attached hydrogens (tertiary/aromatic N) is 1. The molecule has 3 N–H and O–H groups in total. The molecule has 2 atom stereocenters. The second-order valence-electron chi connectivity index (χ2n) is 9.84. The Hall–Kier alpha value is -4.23. The molecule has 6 nitrogen and oxygen atoms in total. The number of amides is 2. The summed E-state index contributed by atoms with van der Waals surface area (Å²) in [6, 6.07) is 26.7. The van der Waals surface area contributed by atoms with Crippen LogP contribution >= 0.6 is 0 Å². The lowest BCUT2D eigenvalue weighted by atomic mass is 9.87. The highest BCUT2D eigenvalue weighted by molar-refractivity contribution is 5.93. The van der Waals surface area contributed by atoms with Gasteiger partial charge >= 0.3 is 0 Å². The van der Waals surface area contributed by atoms with Crippen LogP contribution in [0.5, 0.6) is 5.75 Å². The molecule has 4 aromatic rings. The summed E-state index contributed by atoms with van der Waals surface area (Å²) in [7, 11) is 0. The van der Waals surface area contributed by atoms with Gasteiger partial charge in [0.25, 0.3) is 0 Å². The number of phenols is 1. The Labute approximate surface area is 221 Å². The molecule has 0 spiro atoms. The third-order valence-electron chi connectivity index (χ3n) is 7.06. The highest BCUT2D eigenvalue weighted by Crippen LogP contribution is 2.26. The summed E-state index contributed by atoms with van der Waals surface area (Å²) in [4.78, 5) is 28.7. The van der Waals surface area contributed by atoms with Crippen LogP contribution in [0.1, 0.15) is 17.5 Å². The lowest BCUT2D eigenvalue weighted by molar-refractivity contribution is -0.130. The van der Waals surface area contributed by atoms with Crippen molar-refractivity contribution in [3.05, 3.63) is 108 Å². The summed E-state index contributed by atoms with van der Waals surface area (Å²) in [5, 5.41) is 17.8. The van der Waals surface area contributed by atoms with Crippen LogP contribution in [0.4, 0.5) is 10.1 Å². The van der Waals surface area contributed by atoms with Gasteiger partial charge in [-0.2, -0.15) is 0 Å². The Bertz CT molecular complexity index is 1420. The quantitative estimate of drug-likeness (QED) is 0.323. The van der Waals surface area contributed by atoms with Crippen molar-refractivity contribution in [3.63, 3.8) is 0 Å². The Kier molecular flexibility index (Phi) is 7.65. The first-order valence-corrected chi connectivity index (χ1v) is 12.8. The summed E-state index contributed by atoms with van der Waals surface area (Å²) < 4.78 is 13.3. The van der Waals surface area contributed by atoms with Gasteiger partial charge < -0.3 is 15.7 Å². The molecule has 0 radical (unpaired) electrons. The van der Waals surface area contributed by atoms with Gasteiger partial charge in [-0.3, -0.25) is 14.5 Å². The highest BCUT2D eigenvalue weighted by Gasteiger charge is 2.35. The Morgan fingerprint density at radius 1 is 0.842 bits per heavy atom. The summed E-state index contributed by atoms with van der Waals surface area (Å²) in [5.41, 5.74) is 2.54. The molecule has 1 saturated heterocycles. The fraction of sp³-hybridized carbons (Fsp3) is 0.226. The number of nitrogens with one attached hydrogen (secondary N) is 2. The number of carbonyl (C=O) groups excluding carboxylic acids is 2. The molecule has 4 aromatic carbocycles. The van der Waals surface area contributed by atoms with Gasteiger partial charge in [0.2, 0.25) is 11.8 Å². The third-order valence-corrected chi connectivity index (χ3v) is 7.06. The number of hydrogen-bond donors (Lipinski definition) is 3. The number of hydrogen-bond acceptors (Lipinski definition) is 4. The van der Waals surface area contributed by atoms with E-state index in [0.29, 0.717) is 38.3 Å². The van der Waals surface area contributed by atoms with Gasteiger partial charge in [-0.05, 0) is 64.7 Å². The predicted octanol–water partition coefficient (Wildman–Crippen LogP) is 5.08. The molecule has 0 aromatic heterocycles. The van der Waals surface area contributed by atoms with E-state index in [2.05, 4.69) is 15.5 Å². The smallest absolute Gasteiger partial charge is 0.228 e. The molecule has 1 aliphatic rings. The van der Waals surface area contributed by atoms with E-state index in [1.165, 1.54) is 24.3 Å². The van der Waals surface area contributed by atoms with Crippen LogP contribution in [-0.2, 0) is 22.7 Å². The van der Waals surface area contributed by atoms with Crippen LogP contribution in [-0.4, -0.2) is 34.9 Å². The fourth-order valence-corrected chi connectivity index (χ4v) is 5.11. The van der Waals surface area contributed by atoms with E-state index in [-0.39, 0.29) is 29.3 Å². The van der Waals surface area contributed by atoms with Gasteiger partial charge in [0, 0.05) is 31.9 Å². The number of carbonyl (C=O) groups is 2. The van der Waals surface area contributed by atoms with Crippen molar-refractivity contribution in [2.75, 3.05) is 18.4 Å². The summed E-state index contributed by atoms with van der Waals surface area (Å²) in [6.45, 7) is 1.96. The van der Waals surface area contributed by atoms with E-state index in [0.717, 1.165) is 21.9 Å². The number of anilines is 1. The summed E-state index contributed by atoms with van der Waals surface area (Å²) >= 11 is 0. The standard InChI is InChI=1S/C31H30FN3O3/c32-26-10-12-27(13-11-26)34-31(38)25-16-24(19-35(20-25)18-21-8-14-28(36)15-9-21)30(37)33-17-23-6-3-5-22-4-1-2-7-29(22)23/h1-15,24-25,36H,16-20H2,(H,33,37)(H,34,38)/t24-,25+/m0/s1. The van der Waals surface area contributed by atoms with Crippen molar-refractivity contribution in [1.29, 1.82) is 0 Å². The van der Waals surface area contributed by atoms with E-state index < -0.39 is 5.92 Å². The van der Waals surface area contributed by atoms with E-state index in [9.17, 15) is 19.1 Å². The van der Waals surface area contributed by atoms with Gasteiger partial charge in [-0.15, -0.1) is 0 Å². The summed E-state index contributed by atoms with van der Waals surface area (Å²) in [6.07, 6.45) is 0.417. The molecule has 5 rings (SSSR count). The van der Waals surface area contributed by atoms with Gasteiger partial charge in [-0.25, -0.2) is 4.39 Å². The number of fused-ring (bicyclic) bond motifs is 1. The van der Waals surface area contributed by atoms with E-state index in [4.69, 9.17) is 0 Å². The van der Waals surface area contributed by atoms with Crippen molar-refractivity contribution in [2.45, 2.75) is 19.5 Å². The third kappa shape index (κ3) is 6.18. The molecule has 7 heteroatoms. The van der Waals surface area contributed by atoms with Gasteiger partial charge in [0.15, 0.2) is 0 Å². The monoisotopic (exact) mass is 511 g/mol. The van der Waals surface area contributed by atoms with E-state index in [1.807, 2.05) is 54.6 Å². The number of aromatic hydroxyl groups is 1. The fourth-order valence-electron chi connectivity index (χ4n) is 5.11. The van der Waals surface area contributed by atoms with Gasteiger partial charge in [0.05, 0.1) is 11.8 Å². The minimum atomic E-state index is -0.417. The molecule has 1 fully saturated rings. The second-order valence-corrected chi connectivity index (χ2v) is 9.84. The number of phenolic OH excluding ortho intramolecular Hbond substituents is 1. The van der Waals surface area contributed by atoms with Crippen molar-refractivity contribution in [3.8, 4) is 5.75 Å². The molecule has 2 amide bonds. The number of rotatable bonds is 7. The van der Waals surface area contributed by atoms with Gasteiger partial charge in [-0.1, -0.05) is 54.6 Å². The van der Waals surface area contributed by atoms with Crippen LogP contribution in [0.3, 0.4) is 0 Å². The second kappa shape index (κ2) is 11.4. The zero-order valence-electron chi connectivity index (χ0n) is 20.9. The SMILES string of the molecule is O=C(NCc1cccc2ccccc12)[C@H]1C[C@@H](C(=O)Nc2ccc(F)cc2)CN(Cc2ccc(O)cc2)C1. The molecule has 0 saturated carbocycles. The molecular weight excluding hydrogens is 481 g/mol. The molecular formula is C31H30FN3O3. The van der Waals surface area contributed by atoms with Crippen LogP contribution in [0.15, 0.2) is 91.0 Å². The topological polar surface area (TPSA) is 81.7 Å². The molecule has 194 valence electrons. The maximum atomic E-state index is 13.4. The Balaban J connectivity index is 1.30. The summed E-state index contributed by atoms with van der Waals surface area (Å²) in [5.74, 6) is -1.26. The van der Waals surface area contributed by atoms with Gasteiger partial charge in [0.1, 0.15) is 11.6 Å². The molecule has 0 unspecified atom stereocenters. The zero-order valence-corrected chi connectivity index (χ0v) is 20.9. The van der Waals surface area contributed by atoms with Crippen LogP contribution in [0.25, 0.3) is 10.8 Å². The first-order chi connectivity index (χ1) is 18.4.